The molecule has 12 heteroatoms. The molecule has 1 aromatic heterocycles. The van der Waals surface area contributed by atoms with Crippen LogP contribution in [0.4, 0.5) is 0 Å². The Bertz CT molecular complexity index is 678. The lowest BCUT2D eigenvalue weighted by Crippen LogP contribution is -2.51. The highest BCUT2D eigenvalue weighted by Crippen LogP contribution is 2.37. The lowest BCUT2D eigenvalue weighted by Gasteiger charge is -2.27. The quantitative estimate of drug-likeness (QED) is 0.363. The molecule has 0 saturated carbocycles. The molecular weight excluding hydrogens is 311 g/mol. The van der Waals surface area contributed by atoms with Gasteiger partial charge in [-0.2, -0.15) is 0 Å². The summed E-state index contributed by atoms with van der Waals surface area (Å²) in [6.45, 7) is -0.413. The summed E-state index contributed by atoms with van der Waals surface area (Å²) in [5.41, 5.74) is -1.73. The number of aliphatic hydroxyl groups excluding tert-OH is 1. The number of hydrogen-bond acceptors (Lipinski definition) is 7. The molecule has 1 aromatic rings. The number of rotatable bonds is 4. The normalized spacial score (nSPS) is 29.7. The zero-order valence-electron chi connectivity index (χ0n) is 10.4. The molecule has 21 heavy (non-hydrogen) atoms. The first-order chi connectivity index (χ1) is 9.63. The molecule has 3 atom stereocenters. The van der Waals surface area contributed by atoms with Crippen LogP contribution in [0.2, 0.25) is 0 Å². The van der Waals surface area contributed by atoms with Gasteiger partial charge in [0.25, 0.3) is 11.5 Å². The summed E-state index contributed by atoms with van der Waals surface area (Å²) in [4.78, 5) is 41.8. The van der Waals surface area contributed by atoms with Crippen LogP contribution in [0, 0.1) is 0 Å². The molecule has 2 rings (SSSR count). The van der Waals surface area contributed by atoms with Gasteiger partial charge in [0.05, 0.1) is 6.61 Å². The van der Waals surface area contributed by atoms with Crippen molar-refractivity contribution in [2.24, 2.45) is 0 Å². The Morgan fingerprint density at radius 1 is 1.52 bits per heavy atom. The number of nitrogens with zero attached hydrogens (tertiary/aromatic N) is 1. The van der Waals surface area contributed by atoms with Crippen molar-refractivity contribution in [3.05, 3.63) is 33.1 Å². The number of aromatic amines is 1. The van der Waals surface area contributed by atoms with Crippen LogP contribution in [0.5, 0.6) is 0 Å². The number of aromatic nitrogens is 2. The van der Waals surface area contributed by atoms with Crippen LogP contribution in [0.15, 0.2) is 21.9 Å². The predicted molar refractivity (Wildman–Crippen MR) is 65.3 cm³/mol. The van der Waals surface area contributed by atoms with Gasteiger partial charge in [-0.15, -0.1) is 0 Å². The number of ether oxygens (including phenoxy) is 2. The summed E-state index contributed by atoms with van der Waals surface area (Å²) < 4.78 is 20.9. The van der Waals surface area contributed by atoms with Gasteiger partial charge in [-0.25, -0.2) is 9.36 Å². The second-order valence-corrected chi connectivity index (χ2v) is 5.98. The van der Waals surface area contributed by atoms with Crippen molar-refractivity contribution in [3.8, 4) is 0 Å². The molecule has 11 nitrogen and oxygen atoms in total. The zero-order valence-corrected chi connectivity index (χ0v) is 11.3. The zero-order chi connectivity index (χ0) is 15.8. The van der Waals surface area contributed by atoms with E-state index >= 15 is 0 Å². The lowest BCUT2D eigenvalue weighted by atomic mass is 10.2. The molecule has 0 spiro atoms. The first kappa shape index (κ1) is 16.0. The first-order valence-corrected chi connectivity index (χ1v) is 7.46. The highest BCUT2D eigenvalue weighted by atomic mass is 31.2. The van der Waals surface area contributed by atoms with Crippen molar-refractivity contribution < 1.29 is 34.0 Å². The number of hydrogen-bond donors (Lipinski definition) is 5. The van der Waals surface area contributed by atoms with E-state index in [1.807, 2.05) is 4.98 Å². The van der Waals surface area contributed by atoms with E-state index in [9.17, 15) is 24.4 Å². The van der Waals surface area contributed by atoms with E-state index in [1.54, 1.807) is 0 Å². The Balaban J connectivity index is 2.23. The van der Waals surface area contributed by atoms with E-state index in [4.69, 9.17) is 19.3 Å². The van der Waals surface area contributed by atoms with Gasteiger partial charge in [0.1, 0.15) is 12.5 Å². The van der Waals surface area contributed by atoms with E-state index < -0.39 is 49.9 Å². The van der Waals surface area contributed by atoms with Crippen molar-refractivity contribution >= 4 is 7.60 Å². The van der Waals surface area contributed by atoms with Gasteiger partial charge in [0.15, 0.2) is 6.10 Å². The molecule has 0 aliphatic carbocycles. The highest BCUT2D eigenvalue weighted by Gasteiger charge is 2.51. The molecule has 0 bridgehead atoms. The van der Waals surface area contributed by atoms with Gasteiger partial charge in [-0.1, -0.05) is 0 Å². The van der Waals surface area contributed by atoms with Gasteiger partial charge >= 0.3 is 13.3 Å². The average Bonchev–Trinajstić information content (AvgIpc) is 2.63. The minimum atomic E-state index is -4.46. The summed E-state index contributed by atoms with van der Waals surface area (Å²) in [6, 6.07) is 0.930. The van der Waals surface area contributed by atoms with Crippen molar-refractivity contribution in [1.82, 2.24) is 9.55 Å². The minimum Gasteiger partial charge on any atom is -0.382 e. The Hall–Kier alpha value is -1.33. The van der Waals surface area contributed by atoms with Crippen LogP contribution in [0.3, 0.4) is 0 Å². The van der Waals surface area contributed by atoms with Gasteiger partial charge in [0.2, 0.25) is 0 Å². The van der Waals surface area contributed by atoms with Crippen LogP contribution < -0.4 is 11.2 Å². The number of aliphatic hydroxyl groups is 2. The average molecular weight is 324 g/mol. The Morgan fingerprint density at radius 2 is 2.19 bits per heavy atom. The molecule has 1 saturated heterocycles. The maximum atomic E-state index is 11.6. The van der Waals surface area contributed by atoms with Crippen LogP contribution in [0.1, 0.15) is 0 Å². The molecule has 1 unspecified atom stereocenters. The number of H-pyrrole nitrogens is 1. The van der Waals surface area contributed by atoms with Gasteiger partial charge in [-0.05, 0) is 0 Å². The molecular formula is C9H13N2O9P. The largest absolute Gasteiger partial charge is 0.382 e. The summed E-state index contributed by atoms with van der Waals surface area (Å²) in [5, 5.41) is 20.1. The van der Waals surface area contributed by atoms with Crippen LogP contribution in [-0.2, 0) is 19.9 Å². The highest BCUT2D eigenvalue weighted by molar-refractivity contribution is 7.51. The maximum absolute atomic E-state index is 11.6. The van der Waals surface area contributed by atoms with Crippen molar-refractivity contribution in [2.75, 3.05) is 13.0 Å². The molecule has 118 valence electrons. The second-order valence-electron chi connectivity index (χ2n) is 4.39. The molecule has 5 N–H and O–H groups in total. The van der Waals surface area contributed by atoms with E-state index in [2.05, 4.69) is 0 Å². The standard InChI is InChI=1S/C9H13N2O9P/c12-6-1-2-11(8(14)10-6)9(15)7(13)5(3-20-9)19-4-21(16,17)18/h1-2,5,7,13,15H,3-4H2,(H,10,12,14)(H2,16,17,18)/t5-,7+,9?/m0/s1. The molecule has 0 radical (unpaired) electrons. The van der Waals surface area contributed by atoms with Gasteiger partial charge < -0.3 is 29.5 Å². The smallest absolute Gasteiger partial charge is 0.350 e. The SMILES string of the molecule is O=c1ccn(C2(O)OC[C@H](OCP(=O)(O)O)[C@H]2O)c(=O)[nH]1. The minimum absolute atomic E-state index is 0.413. The third kappa shape index (κ3) is 3.30. The number of nitrogens with one attached hydrogen (secondary N) is 1. The summed E-state index contributed by atoms with van der Waals surface area (Å²) in [6.07, 6.45) is -3.13. The fourth-order valence-electron chi connectivity index (χ4n) is 1.84. The first-order valence-electron chi connectivity index (χ1n) is 5.66. The second kappa shape index (κ2) is 5.46. The van der Waals surface area contributed by atoms with Crippen LogP contribution >= 0.6 is 7.60 Å². The van der Waals surface area contributed by atoms with Gasteiger partial charge in [-0.3, -0.25) is 14.3 Å². The molecule has 0 amide bonds. The molecule has 0 aromatic carbocycles. The summed E-state index contributed by atoms with van der Waals surface area (Å²) >= 11 is 0. The summed E-state index contributed by atoms with van der Waals surface area (Å²) in [5.74, 6) is -2.51. The van der Waals surface area contributed by atoms with E-state index in [1.165, 1.54) is 0 Å². The molecule has 1 fully saturated rings. The van der Waals surface area contributed by atoms with Crippen molar-refractivity contribution in [2.45, 2.75) is 18.1 Å². The fraction of sp³-hybridized carbons (Fsp3) is 0.556. The van der Waals surface area contributed by atoms with E-state index in [-0.39, 0.29) is 0 Å². The Kier molecular flexibility index (Phi) is 4.17. The van der Waals surface area contributed by atoms with Crippen LogP contribution in [-0.4, -0.2) is 54.7 Å². The summed E-state index contributed by atoms with van der Waals surface area (Å²) in [7, 11) is -4.46. The molecule has 1 aliphatic heterocycles. The fourth-order valence-corrected chi connectivity index (χ4v) is 2.22. The van der Waals surface area contributed by atoms with Crippen LogP contribution in [0.25, 0.3) is 0 Å². The monoisotopic (exact) mass is 324 g/mol. The third-order valence-corrected chi connectivity index (χ3v) is 3.31. The third-order valence-electron chi connectivity index (χ3n) is 2.82. The Morgan fingerprint density at radius 3 is 2.76 bits per heavy atom. The van der Waals surface area contributed by atoms with Crippen molar-refractivity contribution in [3.63, 3.8) is 0 Å². The predicted octanol–water partition coefficient (Wildman–Crippen LogP) is -2.95. The van der Waals surface area contributed by atoms with Gasteiger partial charge in [0, 0.05) is 12.3 Å². The lowest BCUT2D eigenvalue weighted by molar-refractivity contribution is -0.278. The molecule has 2 heterocycles. The molecule has 1 aliphatic rings. The maximum Gasteiger partial charge on any atom is 0.350 e. The Labute approximate surface area is 116 Å². The van der Waals surface area contributed by atoms with E-state index in [0.29, 0.717) is 4.57 Å². The van der Waals surface area contributed by atoms with Crippen molar-refractivity contribution in [1.29, 1.82) is 0 Å². The van der Waals surface area contributed by atoms with E-state index in [0.717, 1.165) is 12.3 Å². The topological polar surface area (TPSA) is 171 Å².